The van der Waals surface area contributed by atoms with Crippen LogP contribution >= 0.6 is 0 Å². The molecular weight excluding hydrogens is 330 g/mol. The molecule has 0 radical (unpaired) electrons. The van der Waals surface area contributed by atoms with Crippen molar-refractivity contribution >= 4 is 6.03 Å². The molecule has 2 N–H and O–H groups in total. The minimum atomic E-state index is -2.91. The summed E-state index contributed by atoms with van der Waals surface area (Å²) < 4.78 is 31.3. The van der Waals surface area contributed by atoms with Crippen LogP contribution in [-0.4, -0.2) is 29.0 Å². The molecule has 1 atom stereocenters. The van der Waals surface area contributed by atoms with Gasteiger partial charge in [-0.15, -0.1) is 0 Å². The van der Waals surface area contributed by atoms with Crippen LogP contribution in [0.3, 0.4) is 0 Å². The van der Waals surface area contributed by atoms with Gasteiger partial charge in [0.25, 0.3) is 0 Å². The minimum Gasteiger partial charge on any atom is -0.434 e. The van der Waals surface area contributed by atoms with Crippen LogP contribution in [0.4, 0.5) is 13.6 Å². The number of nitrogens with one attached hydrogen (secondary N) is 2. The predicted octanol–water partition coefficient (Wildman–Crippen LogP) is 3.01. The summed E-state index contributed by atoms with van der Waals surface area (Å²) in [5.74, 6) is 0.0695. The van der Waals surface area contributed by atoms with Crippen LogP contribution in [0.1, 0.15) is 30.5 Å². The van der Waals surface area contributed by atoms with Crippen molar-refractivity contribution in [1.82, 2.24) is 20.4 Å². The minimum absolute atomic E-state index is 0.0695. The van der Waals surface area contributed by atoms with Gasteiger partial charge < -0.3 is 15.4 Å². The van der Waals surface area contributed by atoms with E-state index in [4.69, 9.17) is 0 Å². The average molecular weight is 352 g/mol. The number of benzene rings is 1. The van der Waals surface area contributed by atoms with Gasteiger partial charge in [0.1, 0.15) is 5.75 Å². The highest BCUT2D eigenvalue weighted by molar-refractivity contribution is 5.74. The number of carbonyl (C=O) groups is 1. The first kappa shape index (κ1) is 18.7. The third-order valence-electron chi connectivity index (χ3n) is 3.68. The Hall–Kier alpha value is -2.64. The van der Waals surface area contributed by atoms with Crippen molar-refractivity contribution in [2.75, 3.05) is 6.54 Å². The smallest absolute Gasteiger partial charge is 0.387 e. The van der Waals surface area contributed by atoms with Crippen LogP contribution in [-0.2, 0) is 13.5 Å². The van der Waals surface area contributed by atoms with Crippen molar-refractivity contribution in [2.45, 2.75) is 32.4 Å². The van der Waals surface area contributed by atoms with Gasteiger partial charge in [-0.25, -0.2) is 4.79 Å². The van der Waals surface area contributed by atoms with Crippen molar-refractivity contribution < 1.29 is 18.3 Å². The molecule has 0 saturated heterocycles. The fraction of sp³-hybridized carbons (Fsp3) is 0.412. The van der Waals surface area contributed by atoms with Gasteiger partial charge in [-0.2, -0.15) is 13.9 Å². The van der Waals surface area contributed by atoms with Crippen LogP contribution < -0.4 is 15.4 Å². The molecule has 0 aliphatic heterocycles. The molecule has 1 heterocycles. The summed E-state index contributed by atoms with van der Waals surface area (Å²) in [7, 11) is 1.83. The summed E-state index contributed by atoms with van der Waals surface area (Å²) in [4.78, 5) is 12.1. The molecule has 2 rings (SSSR count). The molecule has 136 valence electrons. The monoisotopic (exact) mass is 352 g/mol. The number of aryl methyl sites for hydroxylation is 1. The van der Waals surface area contributed by atoms with E-state index in [1.54, 1.807) is 29.1 Å². The molecule has 6 nitrogen and oxygen atoms in total. The third kappa shape index (κ3) is 5.74. The summed E-state index contributed by atoms with van der Waals surface area (Å²) in [5, 5.41) is 9.61. The van der Waals surface area contributed by atoms with Crippen LogP contribution in [0.15, 0.2) is 36.7 Å². The maximum absolute atomic E-state index is 12.5. The number of alkyl halides is 2. The number of ether oxygens (including phenoxy) is 1. The number of para-hydroxylation sites is 1. The molecular formula is C17H22F2N4O2. The Bertz CT molecular complexity index is 691. The lowest BCUT2D eigenvalue weighted by molar-refractivity contribution is -0.0506. The molecule has 1 aromatic carbocycles. The molecule has 2 aromatic rings. The van der Waals surface area contributed by atoms with Crippen LogP contribution in [0.25, 0.3) is 0 Å². The fourth-order valence-electron chi connectivity index (χ4n) is 2.50. The maximum Gasteiger partial charge on any atom is 0.387 e. The quantitative estimate of drug-likeness (QED) is 0.767. The lowest BCUT2D eigenvalue weighted by Crippen LogP contribution is -2.38. The van der Waals surface area contributed by atoms with Crippen LogP contribution in [0.5, 0.6) is 5.75 Å². The Balaban J connectivity index is 1.91. The highest BCUT2D eigenvalue weighted by Gasteiger charge is 2.18. The second-order valence-corrected chi connectivity index (χ2v) is 5.55. The zero-order valence-corrected chi connectivity index (χ0v) is 14.2. The van der Waals surface area contributed by atoms with Gasteiger partial charge in [0, 0.05) is 25.4 Å². The number of nitrogens with zero attached hydrogens (tertiary/aromatic N) is 2. The molecule has 0 saturated carbocycles. The molecule has 1 unspecified atom stereocenters. The van der Waals surface area contributed by atoms with Gasteiger partial charge in [0.15, 0.2) is 0 Å². The number of amides is 2. The van der Waals surface area contributed by atoms with Gasteiger partial charge in [-0.1, -0.05) is 25.1 Å². The molecule has 0 bridgehead atoms. The van der Waals surface area contributed by atoms with E-state index in [2.05, 4.69) is 20.5 Å². The Morgan fingerprint density at radius 1 is 1.36 bits per heavy atom. The lowest BCUT2D eigenvalue weighted by atomic mass is 10.0. The first-order valence-corrected chi connectivity index (χ1v) is 8.05. The van der Waals surface area contributed by atoms with Crippen LogP contribution in [0, 0.1) is 0 Å². The zero-order valence-electron chi connectivity index (χ0n) is 14.2. The highest BCUT2D eigenvalue weighted by Crippen LogP contribution is 2.28. The number of hydrogen-bond donors (Lipinski definition) is 2. The topological polar surface area (TPSA) is 68.2 Å². The zero-order chi connectivity index (χ0) is 18.2. The van der Waals surface area contributed by atoms with Gasteiger partial charge in [0.05, 0.1) is 12.2 Å². The normalized spacial score (nSPS) is 12.0. The Morgan fingerprint density at radius 3 is 2.76 bits per heavy atom. The number of rotatable bonds is 8. The van der Waals surface area contributed by atoms with E-state index < -0.39 is 12.7 Å². The lowest BCUT2D eigenvalue weighted by Gasteiger charge is -2.20. The summed E-state index contributed by atoms with van der Waals surface area (Å²) in [6.07, 6.45) is 4.82. The molecule has 0 spiro atoms. The molecule has 1 aromatic heterocycles. The summed E-state index contributed by atoms with van der Waals surface area (Å²) >= 11 is 0. The summed E-state index contributed by atoms with van der Waals surface area (Å²) in [6, 6.07) is 5.68. The highest BCUT2D eigenvalue weighted by atomic mass is 19.3. The second-order valence-electron chi connectivity index (χ2n) is 5.55. The van der Waals surface area contributed by atoms with E-state index in [0.29, 0.717) is 24.9 Å². The van der Waals surface area contributed by atoms with E-state index >= 15 is 0 Å². The van der Waals surface area contributed by atoms with Gasteiger partial charge in [0.2, 0.25) is 0 Å². The standard InChI is InChI=1S/C17H22F2N4O2/c1-3-14(13-6-4-5-7-15(13)25-16(18)19)22-17(24)20-9-8-12-10-21-23(2)11-12/h4-7,10-11,14,16H,3,8-9H2,1-2H3,(H2,20,22,24). The molecule has 25 heavy (non-hydrogen) atoms. The largest absolute Gasteiger partial charge is 0.434 e. The molecule has 0 aliphatic carbocycles. The molecule has 0 aliphatic rings. The molecule has 2 amide bonds. The number of carbonyl (C=O) groups excluding carboxylic acids is 1. The van der Waals surface area contributed by atoms with E-state index in [9.17, 15) is 13.6 Å². The summed E-state index contributed by atoms with van der Waals surface area (Å²) in [5.41, 5.74) is 1.54. The Kier molecular flexibility index (Phi) is 6.73. The van der Waals surface area contributed by atoms with Gasteiger partial charge in [-0.3, -0.25) is 4.68 Å². The van der Waals surface area contributed by atoms with Crippen molar-refractivity contribution in [1.29, 1.82) is 0 Å². The predicted molar refractivity (Wildman–Crippen MR) is 89.6 cm³/mol. The van der Waals surface area contributed by atoms with Gasteiger partial charge >= 0.3 is 12.6 Å². The SMILES string of the molecule is CCC(NC(=O)NCCc1cnn(C)c1)c1ccccc1OC(F)F. The van der Waals surface area contributed by atoms with Gasteiger partial charge in [-0.05, 0) is 24.5 Å². The van der Waals surface area contributed by atoms with Crippen molar-refractivity contribution in [2.24, 2.45) is 7.05 Å². The number of halogens is 2. The van der Waals surface area contributed by atoms with Crippen molar-refractivity contribution in [3.05, 3.63) is 47.8 Å². The Labute approximate surface area is 145 Å². The first-order chi connectivity index (χ1) is 12.0. The molecule has 0 fully saturated rings. The van der Waals surface area contributed by atoms with E-state index in [-0.39, 0.29) is 11.8 Å². The first-order valence-electron chi connectivity index (χ1n) is 8.05. The van der Waals surface area contributed by atoms with Crippen LogP contribution in [0.2, 0.25) is 0 Å². The van der Waals surface area contributed by atoms with Crippen molar-refractivity contribution in [3.8, 4) is 5.75 Å². The number of hydrogen-bond acceptors (Lipinski definition) is 3. The van der Waals surface area contributed by atoms with E-state index in [1.165, 1.54) is 6.07 Å². The third-order valence-corrected chi connectivity index (χ3v) is 3.68. The Morgan fingerprint density at radius 2 is 2.12 bits per heavy atom. The van der Waals surface area contributed by atoms with E-state index in [0.717, 1.165) is 5.56 Å². The van der Waals surface area contributed by atoms with Crippen molar-refractivity contribution in [3.63, 3.8) is 0 Å². The number of urea groups is 1. The number of aromatic nitrogens is 2. The summed E-state index contributed by atoms with van der Waals surface area (Å²) in [6.45, 7) is -0.602. The second kappa shape index (κ2) is 9.00. The van der Waals surface area contributed by atoms with E-state index in [1.807, 2.05) is 20.2 Å². The fourth-order valence-corrected chi connectivity index (χ4v) is 2.50. The molecule has 8 heteroatoms. The maximum atomic E-state index is 12.5. The average Bonchev–Trinajstić information content (AvgIpc) is 2.98.